The molecule has 88 valence electrons. The van der Waals surface area contributed by atoms with E-state index in [1.54, 1.807) is 0 Å². The average molecular weight is 237 g/mol. The predicted molar refractivity (Wildman–Crippen MR) is 54.2 cm³/mol. The highest BCUT2D eigenvalue weighted by molar-refractivity contribution is 7.92. The summed E-state index contributed by atoms with van der Waals surface area (Å²) < 4.78 is 22.0. The first kappa shape index (κ1) is 13.9. The molecule has 0 fully saturated rings. The molecule has 1 unspecified atom stereocenters. The Hall–Kier alpha value is -1.11. The zero-order valence-corrected chi connectivity index (χ0v) is 9.88. The van der Waals surface area contributed by atoms with Crippen LogP contribution in [0, 0.1) is 0 Å². The molecule has 0 radical (unpaired) electrons. The third kappa shape index (κ3) is 3.86. The molecule has 0 rings (SSSR count). The van der Waals surface area contributed by atoms with Crippen molar-refractivity contribution in [3.05, 3.63) is 0 Å². The van der Waals surface area contributed by atoms with Gasteiger partial charge in [0.25, 0.3) is 0 Å². The van der Waals surface area contributed by atoms with E-state index in [0.29, 0.717) is 0 Å². The van der Waals surface area contributed by atoms with Gasteiger partial charge in [0.15, 0.2) is 9.84 Å². The van der Waals surface area contributed by atoms with Gasteiger partial charge in [-0.2, -0.15) is 0 Å². The fraction of sp³-hybridized carbons (Fsp3) is 0.750. The molecule has 0 bridgehead atoms. The maximum absolute atomic E-state index is 11.4. The Balaban J connectivity index is 4.73. The van der Waals surface area contributed by atoms with Gasteiger partial charge in [-0.05, 0) is 20.8 Å². The Morgan fingerprint density at radius 2 is 1.73 bits per heavy atom. The standard InChI is InChI=1S/C8H15NO5S/c1-5(15(4,13)14)6(10)9-8(2,3)7(11)12/h5H,1-4H3,(H,9,10)(H,11,12). The van der Waals surface area contributed by atoms with E-state index < -0.39 is 32.5 Å². The quantitative estimate of drug-likeness (QED) is 0.680. The van der Waals surface area contributed by atoms with E-state index in [2.05, 4.69) is 5.32 Å². The van der Waals surface area contributed by atoms with E-state index in [9.17, 15) is 18.0 Å². The van der Waals surface area contributed by atoms with Crippen LogP contribution in [0.15, 0.2) is 0 Å². The van der Waals surface area contributed by atoms with Crippen LogP contribution >= 0.6 is 0 Å². The molecule has 0 aliphatic heterocycles. The maximum atomic E-state index is 11.4. The molecule has 0 aromatic rings. The van der Waals surface area contributed by atoms with Crippen molar-refractivity contribution in [1.82, 2.24) is 5.32 Å². The number of hydrogen-bond acceptors (Lipinski definition) is 4. The van der Waals surface area contributed by atoms with Crippen LogP contribution < -0.4 is 5.32 Å². The molecule has 15 heavy (non-hydrogen) atoms. The number of sulfone groups is 1. The van der Waals surface area contributed by atoms with Crippen LogP contribution in [0.4, 0.5) is 0 Å². The van der Waals surface area contributed by atoms with Crippen LogP contribution in [0.2, 0.25) is 0 Å². The van der Waals surface area contributed by atoms with Gasteiger partial charge in [0.05, 0.1) is 0 Å². The van der Waals surface area contributed by atoms with Crippen molar-refractivity contribution >= 4 is 21.7 Å². The molecular formula is C8H15NO5S. The average Bonchev–Trinajstić information content (AvgIpc) is 2.00. The van der Waals surface area contributed by atoms with Crippen LogP contribution in [-0.2, 0) is 19.4 Å². The minimum absolute atomic E-state index is 0.815. The molecule has 0 aliphatic rings. The van der Waals surface area contributed by atoms with Gasteiger partial charge in [0, 0.05) is 6.26 Å². The minimum Gasteiger partial charge on any atom is -0.480 e. The Morgan fingerprint density at radius 3 is 2.00 bits per heavy atom. The third-order valence-electron chi connectivity index (χ3n) is 1.98. The highest BCUT2D eigenvalue weighted by Gasteiger charge is 2.33. The summed E-state index contributed by atoms with van der Waals surface area (Å²) in [7, 11) is -3.51. The van der Waals surface area contributed by atoms with Crippen molar-refractivity contribution in [3.63, 3.8) is 0 Å². The van der Waals surface area contributed by atoms with Crippen molar-refractivity contribution in [1.29, 1.82) is 0 Å². The number of rotatable bonds is 4. The highest BCUT2D eigenvalue weighted by Crippen LogP contribution is 2.05. The summed E-state index contributed by atoms with van der Waals surface area (Å²) in [5.74, 6) is -2.04. The van der Waals surface area contributed by atoms with E-state index in [1.165, 1.54) is 20.8 Å². The fourth-order valence-corrected chi connectivity index (χ4v) is 1.11. The van der Waals surface area contributed by atoms with Crippen LogP contribution in [0.25, 0.3) is 0 Å². The molecule has 0 saturated heterocycles. The van der Waals surface area contributed by atoms with Gasteiger partial charge in [0.1, 0.15) is 10.8 Å². The van der Waals surface area contributed by atoms with Crippen LogP contribution in [0.5, 0.6) is 0 Å². The van der Waals surface area contributed by atoms with E-state index in [0.717, 1.165) is 6.26 Å². The second-order valence-electron chi connectivity index (χ2n) is 3.89. The largest absolute Gasteiger partial charge is 0.480 e. The molecule has 0 aromatic heterocycles. The molecule has 0 aliphatic carbocycles. The first-order valence-corrected chi connectivity index (χ1v) is 6.18. The van der Waals surface area contributed by atoms with Gasteiger partial charge < -0.3 is 10.4 Å². The summed E-state index contributed by atoms with van der Waals surface area (Å²) in [6.45, 7) is 3.77. The third-order valence-corrected chi connectivity index (χ3v) is 3.48. The smallest absolute Gasteiger partial charge is 0.328 e. The fourth-order valence-electron chi connectivity index (χ4n) is 0.658. The van der Waals surface area contributed by atoms with Crippen LogP contribution in [0.3, 0.4) is 0 Å². The Labute approximate surface area is 88.6 Å². The van der Waals surface area contributed by atoms with Gasteiger partial charge in [-0.3, -0.25) is 4.79 Å². The second-order valence-corrected chi connectivity index (χ2v) is 6.26. The number of carboxylic acid groups (broad SMARTS) is 1. The lowest BCUT2D eigenvalue weighted by Gasteiger charge is -2.22. The summed E-state index contributed by atoms with van der Waals surface area (Å²) in [5.41, 5.74) is -1.48. The van der Waals surface area contributed by atoms with Gasteiger partial charge >= 0.3 is 5.97 Å². The summed E-state index contributed by atoms with van der Waals surface area (Å²) in [6.07, 6.45) is 0.922. The van der Waals surface area contributed by atoms with Gasteiger partial charge in [0.2, 0.25) is 5.91 Å². The second kappa shape index (κ2) is 4.18. The number of aliphatic carboxylic acids is 1. The molecule has 0 heterocycles. The summed E-state index contributed by atoms with van der Waals surface area (Å²) in [4.78, 5) is 22.0. The monoisotopic (exact) mass is 237 g/mol. The zero-order valence-electron chi connectivity index (χ0n) is 9.07. The number of amides is 1. The molecule has 1 amide bonds. The van der Waals surface area contributed by atoms with Gasteiger partial charge in [-0.1, -0.05) is 0 Å². The number of carbonyl (C=O) groups excluding carboxylic acids is 1. The number of carboxylic acids is 1. The number of carbonyl (C=O) groups is 2. The van der Waals surface area contributed by atoms with Crippen molar-refractivity contribution in [2.75, 3.05) is 6.26 Å². The molecule has 2 N–H and O–H groups in total. The molecule has 0 aromatic carbocycles. The number of hydrogen-bond donors (Lipinski definition) is 2. The molecule has 0 spiro atoms. The predicted octanol–water partition coefficient (Wildman–Crippen LogP) is -0.601. The lowest BCUT2D eigenvalue weighted by molar-refractivity contribution is -0.145. The minimum atomic E-state index is -3.51. The van der Waals surface area contributed by atoms with E-state index in [4.69, 9.17) is 5.11 Å². The first-order valence-electron chi connectivity index (χ1n) is 4.23. The van der Waals surface area contributed by atoms with Gasteiger partial charge in [-0.25, -0.2) is 13.2 Å². The van der Waals surface area contributed by atoms with Crippen molar-refractivity contribution in [2.45, 2.75) is 31.6 Å². The van der Waals surface area contributed by atoms with Gasteiger partial charge in [-0.15, -0.1) is 0 Å². The van der Waals surface area contributed by atoms with Crippen LogP contribution in [0.1, 0.15) is 20.8 Å². The summed E-state index contributed by atoms with van der Waals surface area (Å²) >= 11 is 0. The molecule has 1 atom stereocenters. The molecule has 0 saturated carbocycles. The van der Waals surface area contributed by atoms with Crippen molar-refractivity contribution in [2.24, 2.45) is 0 Å². The maximum Gasteiger partial charge on any atom is 0.328 e. The normalized spacial score (nSPS) is 14.4. The molecule has 6 nitrogen and oxygen atoms in total. The SMILES string of the molecule is CC(C(=O)NC(C)(C)C(=O)O)S(C)(=O)=O. The Morgan fingerprint density at radius 1 is 1.33 bits per heavy atom. The van der Waals surface area contributed by atoms with Crippen molar-refractivity contribution in [3.8, 4) is 0 Å². The summed E-state index contributed by atoms with van der Waals surface area (Å²) in [6, 6.07) is 0. The van der Waals surface area contributed by atoms with Crippen LogP contribution in [-0.4, -0.2) is 42.4 Å². The highest BCUT2D eigenvalue weighted by atomic mass is 32.2. The Bertz CT molecular complexity index is 370. The lowest BCUT2D eigenvalue weighted by atomic mass is 10.1. The summed E-state index contributed by atoms with van der Waals surface area (Å²) in [5, 5.41) is 9.60. The zero-order chi connectivity index (χ0) is 12.4. The van der Waals surface area contributed by atoms with E-state index in [-0.39, 0.29) is 0 Å². The van der Waals surface area contributed by atoms with E-state index >= 15 is 0 Å². The first-order chi connectivity index (χ1) is 6.48. The van der Waals surface area contributed by atoms with E-state index in [1.807, 2.05) is 0 Å². The topological polar surface area (TPSA) is 101 Å². The molecule has 7 heteroatoms. The number of nitrogens with one attached hydrogen (secondary N) is 1. The lowest BCUT2D eigenvalue weighted by Crippen LogP contribution is -2.53. The van der Waals surface area contributed by atoms with Crippen molar-refractivity contribution < 1.29 is 23.1 Å². The Kier molecular flexibility index (Phi) is 3.87. The molecular weight excluding hydrogens is 222 g/mol.